The van der Waals surface area contributed by atoms with Gasteiger partial charge in [0.2, 0.25) is 11.7 Å². The Morgan fingerprint density at radius 1 is 1.38 bits per heavy atom. The van der Waals surface area contributed by atoms with E-state index in [2.05, 4.69) is 10.6 Å². The van der Waals surface area contributed by atoms with E-state index in [0.717, 1.165) is 18.3 Å². The van der Waals surface area contributed by atoms with Crippen LogP contribution in [0.5, 0.6) is 0 Å². The number of Topliss-reactive ketones (excluding diaryl/α,β-unsaturated/α-hetero) is 1. The van der Waals surface area contributed by atoms with Gasteiger partial charge in [0, 0.05) is 36.3 Å². The molecule has 0 radical (unpaired) electrons. The van der Waals surface area contributed by atoms with Gasteiger partial charge in [-0.2, -0.15) is 4.39 Å². The smallest absolute Gasteiger partial charge is 0.212 e. The second-order valence-electron chi connectivity index (χ2n) is 4.51. The average molecular weight is 334 g/mol. The average Bonchev–Trinajstić information content (AvgIpc) is 2.55. The van der Waals surface area contributed by atoms with E-state index < -0.39 is 17.6 Å². The van der Waals surface area contributed by atoms with Gasteiger partial charge in [-0.1, -0.05) is 0 Å². The minimum Gasteiger partial charge on any atom is -0.391 e. The first-order valence-corrected chi connectivity index (χ1v) is 6.89. The summed E-state index contributed by atoms with van der Waals surface area (Å²) in [5, 5.41) is 19.4. The topological polar surface area (TPSA) is 106 Å². The summed E-state index contributed by atoms with van der Waals surface area (Å²) in [5.41, 5.74) is -0.470. The zero-order valence-corrected chi connectivity index (χ0v) is 12.8. The van der Waals surface area contributed by atoms with Gasteiger partial charge in [-0.05, 0) is 25.1 Å². The first kappa shape index (κ1) is 18.9. The van der Waals surface area contributed by atoms with E-state index >= 15 is 0 Å². The van der Waals surface area contributed by atoms with Crippen molar-refractivity contribution in [3.63, 3.8) is 0 Å². The normalized spacial score (nSPS) is 11.6. The molecule has 0 aromatic heterocycles. The number of benzene rings is 1. The van der Waals surface area contributed by atoms with Gasteiger partial charge in [-0.3, -0.25) is 15.0 Å². The van der Waals surface area contributed by atoms with Gasteiger partial charge < -0.3 is 16.0 Å². The minimum atomic E-state index is -1.40. The van der Waals surface area contributed by atoms with Crippen molar-refractivity contribution in [2.24, 2.45) is 0 Å². The Hall–Kier alpha value is -3.16. The summed E-state index contributed by atoms with van der Waals surface area (Å²) in [6.45, 7) is 2.28. The lowest BCUT2D eigenvalue weighted by Crippen LogP contribution is -2.18. The van der Waals surface area contributed by atoms with Crippen LogP contribution in [0.25, 0.3) is 0 Å². The highest BCUT2D eigenvalue weighted by Crippen LogP contribution is 2.18. The van der Waals surface area contributed by atoms with E-state index in [0.29, 0.717) is 18.9 Å². The molecule has 0 bridgehead atoms. The maximum absolute atomic E-state index is 13.2. The quantitative estimate of drug-likeness (QED) is 0.316. The summed E-state index contributed by atoms with van der Waals surface area (Å²) in [4.78, 5) is 23.4. The summed E-state index contributed by atoms with van der Waals surface area (Å²) >= 11 is 0. The number of halogens is 2. The minimum absolute atomic E-state index is 0.0695. The fourth-order valence-electron chi connectivity index (χ4n) is 1.72. The second-order valence-corrected chi connectivity index (χ2v) is 4.51. The lowest BCUT2D eigenvalue weighted by molar-refractivity contribution is -0.111. The molecule has 6 nitrogen and oxygen atoms in total. The fourth-order valence-corrected chi connectivity index (χ4v) is 1.72. The maximum atomic E-state index is 13.2. The first-order valence-electron chi connectivity index (χ1n) is 6.89. The molecular weight excluding hydrogens is 318 g/mol. The second kappa shape index (κ2) is 9.09. The van der Waals surface area contributed by atoms with Gasteiger partial charge in [0.15, 0.2) is 6.29 Å². The maximum Gasteiger partial charge on any atom is 0.212 e. The van der Waals surface area contributed by atoms with Crippen molar-refractivity contribution >= 4 is 29.9 Å². The van der Waals surface area contributed by atoms with E-state index in [-0.39, 0.29) is 22.5 Å². The molecule has 126 valence electrons. The van der Waals surface area contributed by atoms with Crippen LogP contribution in [0, 0.1) is 16.6 Å². The molecule has 0 heterocycles. The number of allylic oxidation sites excluding steroid dienone is 2. The van der Waals surface area contributed by atoms with Crippen LogP contribution in [-0.4, -0.2) is 30.8 Å². The third kappa shape index (κ3) is 5.24. The lowest BCUT2D eigenvalue weighted by Gasteiger charge is -2.12. The van der Waals surface area contributed by atoms with Gasteiger partial charge in [0.25, 0.3) is 0 Å². The molecule has 0 saturated heterocycles. The number of carbonyl (C=O) groups is 2. The molecule has 1 rings (SSSR count). The standard InChI is InChI=1S/C16H16F2N4O2/c1-2-21-8-11(7-19)16(24)14(6-15(18)20)22-13-4-3-12(17)5-10(13)9-23/h3-9,19-22H,2H2,1H3/b11-8+,14-6-,19-7?,20-15?. The lowest BCUT2D eigenvalue weighted by atomic mass is 10.1. The summed E-state index contributed by atoms with van der Waals surface area (Å²) in [6, 6.07) is 3.22. The van der Waals surface area contributed by atoms with Crippen molar-refractivity contribution in [2.45, 2.75) is 6.92 Å². The van der Waals surface area contributed by atoms with Crippen LogP contribution in [0.1, 0.15) is 17.3 Å². The first-order chi connectivity index (χ1) is 11.4. The zero-order chi connectivity index (χ0) is 18.1. The number of rotatable bonds is 9. The number of carbonyl (C=O) groups excluding carboxylic acids is 2. The zero-order valence-electron chi connectivity index (χ0n) is 12.8. The van der Waals surface area contributed by atoms with E-state index in [1.807, 2.05) is 0 Å². The van der Waals surface area contributed by atoms with Crippen molar-refractivity contribution < 1.29 is 18.4 Å². The summed E-state index contributed by atoms with van der Waals surface area (Å²) in [7, 11) is 0. The Bertz CT molecular complexity index is 727. The molecular formula is C16H16F2N4O2. The molecule has 1 aromatic rings. The molecule has 0 unspecified atom stereocenters. The molecule has 0 amide bonds. The number of aldehydes is 1. The van der Waals surface area contributed by atoms with Crippen molar-refractivity contribution in [1.82, 2.24) is 5.32 Å². The predicted molar refractivity (Wildman–Crippen MR) is 87.9 cm³/mol. The number of anilines is 1. The predicted octanol–water partition coefficient (Wildman–Crippen LogP) is 2.59. The number of ketones is 1. The molecule has 0 saturated carbocycles. The molecule has 0 aliphatic rings. The van der Waals surface area contributed by atoms with Gasteiger partial charge in [0.1, 0.15) is 5.82 Å². The van der Waals surface area contributed by atoms with Crippen LogP contribution in [-0.2, 0) is 4.79 Å². The molecule has 4 N–H and O–H groups in total. The monoisotopic (exact) mass is 334 g/mol. The highest BCUT2D eigenvalue weighted by Gasteiger charge is 2.16. The van der Waals surface area contributed by atoms with Crippen LogP contribution >= 0.6 is 0 Å². The summed E-state index contributed by atoms with van der Waals surface area (Å²) in [6.07, 6.45) is 3.04. The Labute approximate surface area is 137 Å². The molecule has 0 aliphatic carbocycles. The van der Waals surface area contributed by atoms with Gasteiger partial charge >= 0.3 is 0 Å². The molecule has 0 fully saturated rings. The van der Waals surface area contributed by atoms with Crippen molar-refractivity contribution in [2.75, 3.05) is 11.9 Å². The number of nitrogens with one attached hydrogen (secondary N) is 4. The third-order valence-corrected chi connectivity index (χ3v) is 2.80. The van der Waals surface area contributed by atoms with Crippen LogP contribution in [0.3, 0.4) is 0 Å². The Morgan fingerprint density at radius 2 is 2.08 bits per heavy atom. The van der Waals surface area contributed by atoms with Crippen LogP contribution in [0.15, 0.2) is 41.7 Å². The molecule has 0 aliphatic heterocycles. The third-order valence-electron chi connectivity index (χ3n) is 2.80. The molecule has 1 aromatic carbocycles. The van der Waals surface area contributed by atoms with Crippen molar-refractivity contribution in [1.29, 1.82) is 10.8 Å². The Balaban J connectivity index is 3.25. The van der Waals surface area contributed by atoms with Crippen LogP contribution in [0.2, 0.25) is 0 Å². The van der Waals surface area contributed by atoms with E-state index in [9.17, 15) is 18.4 Å². The highest BCUT2D eigenvalue weighted by molar-refractivity contribution is 6.22. The largest absolute Gasteiger partial charge is 0.391 e. The van der Waals surface area contributed by atoms with Gasteiger partial charge in [0.05, 0.1) is 11.3 Å². The van der Waals surface area contributed by atoms with Crippen molar-refractivity contribution in [3.05, 3.63) is 53.1 Å². The molecule has 0 atom stereocenters. The van der Waals surface area contributed by atoms with Gasteiger partial charge in [-0.15, -0.1) is 0 Å². The fraction of sp³-hybridized carbons (Fsp3) is 0.125. The Kier molecular flexibility index (Phi) is 7.15. The van der Waals surface area contributed by atoms with Crippen LogP contribution < -0.4 is 10.6 Å². The molecule has 8 heteroatoms. The number of hydrogen-bond acceptors (Lipinski definition) is 6. The molecule has 0 spiro atoms. The van der Waals surface area contributed by atoms with E-state index in [4.69, 9.17) is 10.8 Å². The Morgan fingerprint density at radius 3 is 2.62 bits per heavy atom. The van der Waals surface area contributed by atoms with E-state index in [1.54, 1.807) is 6.92 Å². The van der Waals surface area contributed by atoms with E-state index in [1.165, 1.54) is 12.3 Å². The number of hydrogen-bond donors (Lipinski definition) is 4. The van der Waals surface area contributed by atoms with Crippen molar-refractivity contribution in [3.8, 4) is 0 Å². The van der Waals surface area contributed by atoms with Crippen LogP contribution in [0.4, 0.5) is 14.5 Å². The van der Waals surface area contributed by atoms with Gasteiger partial charge in [-0.25, -0.2) is 4.39 Å². The summed E-state index contributed by atoms with van der Waals surface area (Å²) in [5.74, 6) is -2.81. The molecule has 24 heavy (non-hydrogen) atoms. The highest BCUT2D eigenvalue weighted by atomic mass is 19.1. The SMILES string of the molecule is CCN/C=C(\C=N)C(=O)/C(=C/C(=N)F)Nc1ccc(F)cc1C=O. The summed E-state index contributed by atoms with van der Waals surface area (Å²) < 4.78 is 26.1.